The maximum atomic E-state index is 10.5. The third-order valence-corrected chi connectivity index (χ3v) is 3.33. The van der Waals surface area contributed by atoms with Crippen LogP contribution in [0.2, 0.25) is 5.02 Å². The van der Waals surface area contributed by atoms with Gasteiger partial charge in [-0.3, -0.25) is 0 Å². The predicted molar refractivity (Wildman–Crippen MR) is 79.1 cm³/mol. The number of benzene rings is 1. The molecule has 0 radical (unpaired) electrons. The number of halogens is 2. The van der Waals surface area contributed by atoms with Crippen molar-refractivity contribution in [2.45, 2.75) is 26.3 Å². The molecule has 1 aromatic carbocycles. The molecular weight excluding hydrogens is 334 g/mol. The summed E-state index contributed by atoms with van der Waals surface area (Å²) < 4.78 is 6.53. The predicted octanol–water partition coefficient (Wildman–Crippen LogP) is 4.16. The largest absolute Gasteiger partial charge is 0.492 e. The van der Waals surface area contributed by atoms with Gasteiger partial charge in [-0.2, -0.15) is 0 Å². The van der Waals surface area contributed by atoms with Gasteiger partial charge in [-0.15, -0.1) is 0 Å². The van der Waals surface area contributed by atoms with Crippen LogP contribution in [-0.2, 0) is 0 Å². The summed E-state index contributed by atoms with van der Waals surface area (Å²) in [5.74, 6) is 0.858. The number of carboxylic acid groups (broad SMARTS) is 1. The summed E-state index contributed by atoms with van der Waals surface area (Å²) in [5.41, 5.74) is 0. The molecule has 0 aliphatic heterocycles. The van der Waals surface area contributed by atoms with Crippen LogP contribution in [0.3, 0.4) is 0 Å². The third-order valence-electron chi connectivity index (χ3n) is 2.54. The van der Waals surface area contributed by atoms with E-state index in [-0.39, 0.29) is 12.0 Å². The van der Waals surface area contributed by atoms with Gasteiger partial charge in [0.05, 0.1) is 11.6 Å². The van der Waals surface area contributed by atoms with Crippen molar-refractivity contribution in [2.24, 2.45) is 5.92 Å². The maximum Gasteiger partial charge on any atom is 0.404 e. The maximum absolute atomic E-state index is 10.5. The minimum absolute atomic E-state index is 0.100. The van der Waals surface area contributed by atoms with Gasteiger partial charge in [0.25, 0.3) is 0 Å². The highest BCUT2D eigenvalue weighted by molar-refractivity contribution is 9.10. The smallest absolute Gasteiger partial charge is 0.404 e. The van der Waals surface area contributed by atoms with Gasteiger partial charge in [-0.25, -0.2) is 4.79 Å². The van der Waals surface area contributed by atoms with Crippen LogP contribution in [0.15, 0.2) is 22.7 Å². The summed E-state index contributed by atoms with van der Waals surface area (Å²) in [5, 5.41) is 11.6. The van der Waals surface area contributed by atoms with Crippen molar-refractivity contribution >= 4 is 33.6 Å². The van der Waals surface area contributed by atoms with Gasteiger partial charge in [0.2, 0.25) is 0 Å². The highest BCUT2D eigenvalue weighted by atomic mass is 79.9. The Hall–Kier alpha value is -0.940. The summed E-state index contributed by atoms with van der Waals surface area (Å²) >= 11 is 9.37. The topological polar surface area (TPSA) is 58.6 Å². The third kappa shape index (κ3) is 6.16. The number of ether oxygens (including phenoxy) is 1. The Morgan fingerprint density at radius 3 is 2.79 bits per heavy atom. The first-order chi connectivity index (χ1) is 8.88. The Bertz CT molecular complexity index is 442. The van der Waals surface area contributed by atoms with Crippen molar-refractivity contribution in [2.75, 3.05) is 6.61 Å². The van der Waals surface area contributed by atoms with Gasteiger partial charge in [-0.1, -0.05) is 34.5 Å². The molecule has 1 aromatic rings. The van der Waals surface area contributed by atoms with Crippen LogP contribution in [0.4, 0.5) is 4.79 Å². The molecule has 106 valence electrons. The molecule has 2 N–H and O–H groups in total. The van der Waals surface area contributed by atoms with E-state index in [4.69, 9.17) is 21.4 Å². The van der Waals surface area contributed by atoms with Crippen LogP contribution in [0.25, 0.3) is 0 Å². The summed E-state index contributed by atoms with van der Waals surface area (Å²) in [6.45, 7) is 4.33. The fourth-order valence-corrected chi connectivity index (χ4v) is 2.49. The molecule has 0 spiro atoms. The van der Waals surface area contributed by atoms with E-state index in [9.17, 15) is 4.79 Å². The quantitative estimate of drug-likeness (QED) is 0.810. The highest BCUT2D eigenvalue weighted by Crippen LogP contribution is 2.28. The Morgan fingerprint density at radius 1 is 1.53 bits per heavy atom. The standard InChI is InChI=1S/C13H17BrClNO3/c1-8(5-9(2)16-13(17)18)7-19-12-4-3-10(14)6-11(12)15/h3-4,6,8-9,16H,5,7H2,1-2H3,(H,17,18). The Morgan fingerprint density at radius 2 is 2.21 bits per heavy atom. The first-order valence-corrected chi connectivity index (χ1v) is 7.13. The molecule has 0 aromatic heterocycles. The van der Waals surface area contributed by atoms with Gasteiger partial charge in [-0.05, 0) is 37.5 Å². The summed E-state index contributed by atoms with van der Waals surface area (Å²) in [4.78, 5) is 10.5. The van der Waals surface area contributed by atoms with Gasteiger partial charge in [0.1, 0.15) is 5.75 Å². The highest BCUT2D eigenvalue weighted by Gasteiger charge is 2.12. The Balaban J connectivity index is 2.41. The second-order valence-electron chi connectivity index (χ2n) is 4.58. The second kappa shape index (κ2) is 7.60. The summed E-state index contributed by atoms with van der Waals surface area (Å²) in [7, 11) is 0. The van der Waals surface area contributed by atoms with Crippen LogP contribution in [0.1, 0.15) is 20.3 Å². The molecule has 19 heavy (non-hydrogen) atoms. The minimum atomic E-state index is -1.00. The molecule has 6 heteroatoms. The molecule has 0 aliphatic carbocycles. The van der Waals surface area contributed by atoms with Crippen molar-refractivity contribution in [3.8, 4) is 5.75 Å². The lowest BCUT2D eigenvalue weighted by molar-refractivity contribution is 0.185. The van der Waals surface area contributed by atoms with Crippen molar-refractivity contribution < 1.29 is 14.6 Å². The van der Waals surface area contributed by atoms with Crippen molar-refractivity contribution in [3.63, 3.8) is 0 Å². The zero-order chi connectivity index (χ0) is 14.4. The first-order valence-electron chi connectivity index (χ1n) is 5.95. The monoisotopic (exact) mass is 349 g/mol. The number of hydrogen-bond donors (Lipinski definition) is 2. The van der Waals surface area contributed by atoms with E-state index in [2.05, 4.69) is 21.2 Å². The SMILES string of the molecule is CC(COc1ccc(Br)cc1Cl)CC(C)NC(=O)O. The van der Waals surface area contributed by atoms with E-state index in [1.165, 1.54) is 0 Å². The van der Waals surface area contributed by atoms with E-state index in [1.807, 2.05) is 19.9 Å². The summed E-state index contributed by atoms with van der Waals surface area (Å²) in [6.07, 6.45) is -0.294. The molecule has 1 amide bonds. The van der Waals surface area contributed by atoms with Crippen molar-refractivity contribution in [1.82, 2.24) is 5.32 Å². The summed E-state index contributed by atoms with van der Waals surface area (Å²) in [6, 6.07) is 5.34. The Kier molecular flexibility index (Phi) is 6.45. The Labute approximate surface area is 126 Å². The molecule has 1 rings (SSSR count). The van der Waals surface area contributed by atoms with E-state index in [0.717, 1.165) is 4.47 Å². The van der Waals surface area contributed by atoms with Gasteiger partial charge < -0.3 is 15.2 Å². The number of amides is 1. The second-order valence-corrected chi connectivity index (χ2v) is 5.90. The fraction of sp³-hybridized carbons (Fsp3) is 0.462. The zero-order valence-corrected chi connectivity index (χ0v) is 13.2. The lowest BCUT2D eigenvalue weighted by atomic mass is 10.0. The lowest BCUT2D eigenvalue weighted by Gasteiger charge is -2.18. The van der Waals surface area contributed by atoms with Crippen LogP contribution in [0.5, 0.6) is 5.75 Å². The van der Waals surface area contributed by atoms with E-state index >= 15 is 0 Å². The van der Waals surface area contributed by atoms with E-state index in [0.29, 0.717) is 23.8 Å². The lowest BCUT2D eigenvalue weighted by Crippen LogP contribution is -2.33. The molecule has 0 saturated carbocycles. The molecule has 2 unspecified atom stereocenters. The van der Waals surface area contributed by atoms with Crippen LogP contribution >= 0.6 is 27.5 Å². The van der Waals surface area contributed by atoms with E-state index in [1.54, 1.807) is 12.1 Å². The molecule has 0 saturated heterocycles. The number of rotatable bonds is 6. The molecular formula is C13H17BrClNO3. The molecule has 2 atom stereocenters. The van der Waals surface area contributed by atoms with Gasteiger partial charge in [0.15, 0.2) is 0 Å². The molecule has 0 fully saturated rings. The van der Waals surface area contributed by atoms with E-state index < -0.39 is 6.09 Å². The number of nitrogens with one attached hydrogen (secondary N) is 1. The average Bonchev–Trinajstić information content (AvgIpc) is 2.26. The van der Waals surface area contributed by atoms with Crippen molar-refractivity contribution in [1.29, 1.82) is 0 Å². The number of carbonyl (C=O) groups is 1. The number of hydrogen-bond acceptors (Lipinski definition) is 2. The molecule has 0 bridgehead atoms. The first kappa shape index (κ1) is 16.1. The fourth-order valence-electron chi connectivity index (χ4n) is 1.77. The molecule has 4 nitrogen and oxygen atoms in total. The van der Waals surface area contributed by atoms with Crippen LogP contribution < -0.4 is 10.1 Å². The molecule has 0 aliphatic rings. The average molecular weight is 351 g/mol. The minimum Gasteiger partial charge on any atom is -0.492 e. The molecule has 0 heterocycles. The van der Waals surface area contributed by atoms with Crippen LogP contribution in [-0.4, -0.2) is 23.8 Å². The normalized spacial score (nSPS) is 13.7. The van der Waals surface area contributed by atoms with Gasteiger partial charge >= 0.3 is 6.09 Å². The van der Waals surface area contributed by atoms with Crippen LogP contribution in [0, 0.1) is 5.92 Å². The van der Waals surface area contributed by atoms with Gasteiger partial charge in [0, 0.05) is 10.5 Å². The zero-order valence-electron chi connectivity index (χ0n) is 10.8. The van der Waals surface area contributed by atoms with Crippen molar-refractivity contribution in [3.05, 3.63) is 27.7 Å².